The summed E-state index contributed by atoms with van der Waals surface area (Å²) in [7, 11) is 0. The molecule has 0 saturated heterocycles. The highest BCUT2D eigenvalue weighted by Crippen LogP contribution is 2.18. The Balaban J connectivity index is 4.22. The minimum absolute atomic E-state index is 0.0616. The third-order valence-electron chi connectivity index (χ3n) is 13.8. The molecule has 1 atom stereocenters. The highest BCUT2D eigenvalue weighted by atomic mass is 16.6. The molecular weight excluding hydrogens is 817 g/mol. The zero-order chi connectivity index (χ0) is 48.1. The largest absolute Gasteiger partial charge is 0.462 e. The van der Waals surface area contributed by atoms with Crippen molar-refractivity contribution in [1.82, 2.24) is 0 Å². The van der Waals surface area contributed by atoms with E-state index in [1.165, 1.54) is 238 Å². The van der Waals surface area contributed by atoms with Crippen molar-refractivity contribution in [2.75, 3.05) is 13.2 Å². The number of carbonyl (C=O) groups excluding carboxylic acids is 3. The molecule has 392 valence electrons. The number of hydrogen-bond donors (Lipinski definition) is 0. The molecule has 0 aliphatic rings. The highest BCUT2D eigenvalue weighted by Gasteiger charge is 2.19. The third-order valence-corrected chi connectivity index (χ3v) is 13.8. The van der Waals surface area contributed by atoms with Gasteiger partial charge in [-0.1, -0.05) is 304 Å². The van der Waals surface area contributed by atoms with Crippen LogP contribution in [-0.2, 0) is 28.6 Å². The molecule has 0 amide bonds. The summed E-state index contributed by atoms with van der Waals surface area (Å²) in [6, 6.07) is 0. The molecule has 0 saturated carbocycles. The van der Waals surface area contributed by atoms with Crippen molar-refractivity contribution in [3.63, 3.8) is 0 Å². The first-order valence-electron chi connectivity index (χ1n) is 29.9. The van der Waals surface area contributed by atoms with Crippen LogP contribution in [0.2, 0.25) is 0 Å². The lowest BCUT2D eigenvalue weighted by Crippen LogP contribution is -2.30. The molecule has 0 N–H and O–H groups in total. The first-order chi connectivity index (χ1) is 32.4. The van der Waals surface area contributed by atoms with E-state index in [1.54, 1.807) is 0 Å². The SMILES string of the molecule is CCCCCCCCCCCCCCCCCC(=O)OC[C@H](COC(=O)CCCCCCCCCCCCCCCCCCCCC(C)C)OC(=O)CCCCCCCCCCCCCC. The van der Waals surface area contributed by atoms with E-state index in [1.807, 2.05) is 0 Å². The second-order valence-electron chi connectivity index (χ2n) is 21.1. The van der Waals surface area contributed by atoms with Gasteiger partial charge >= 0.3 is 17.9 Å². The van der Waals surface area contributed by atoms with Gasteiger partial charge in [-0.25, -0.2) is 0 Å². The molecule has 6 heteroatoms. The Morgan fingerprint density at radius 3 is 0.742 bits per heavy atom. The smallest absolute Gasteiger partial charge is 0.306 e. The Bertz CT molecular complexity index is 996. The normalized spacial score (nSPS) is 12.0. The van der Waals surface area contributed by atoms with Crippen LogP contribution in [0.1, 0.15) is 342 Å². The van der Waals surface area contributed by atoms with Crippen molar-refractivity contribution in [3.8, 4) is 0 Å². The number of unbranched alkanes of at least 4 members (excludes halogenated alkanes) is 42. The van der Waals surface area contributed by atoms with Crippen molar-refractivity contribution >= 4 is 17.9 Å². The zero-order valence-corrected chi connectivity index (χ0v) is 45.2. The maximum atomic E-state index is 12.8. The minimum atomic E-state index is -0.761. The van der Waals surface area contributed by atoms with Gasteiger partial charge in [0.1, 0.15) is 13.2 Å². The van der Waals surface area contributed by atoms with Crippen LogP contribution in [0.4, 0.5) is 0 Å². The van der Waals surface area contributed by atoms with Gasteiger partial charge in [0.2, 0.25) is 0 Å². The van der Waals surface area contributed by atoms with Gasteiger partial charge in [-0.3, -0.25) is 14.4 Å². The fourth-order valence-electron chi connectivity index (χ4n) is 9.28. The van der Waals surface area contributed by atoms with Crippen molar-refractivity contribution in [2.24, 2.45) is 5.92 Å². The van der Waals surface area contributed by atoms with Crippen LogP contribution in [-0.4, -0.2) is 37.2 Å². The molecule has 0 aromatic carbocycles. The maximum absolute atomic E-state index is 12.8. The Labute approximate surface area is 412 Å². The number of hydrogen-bond acceptors (Lipinski definition) is 6. The zero-order valence-electron chi connectivity index (χ0n) is 45.2. The summed E-state index contributed by atoms with van der Waals surface area (Å²) in [6.07, 6.45) is 59.5. The van der Waals surface area contributed by atoms with Crippen LogP contribution >= 0.6 is 0 Å². The fourth-order valence-corrected chi connectivity index (χ4v) is 9.28. The molecule has 0 spiro atoms. The summed E-state index contributed by atoms with van der Waals surface area (Å²) >= 11 is 0. The van der Waals surface area contributed by atoms with E-state index in [0.29, 0.717) is 19.3 Å². The molecule has 0 heterocycles. The molecule has 0 radical (unpaired) electrons. The topological polar surface area (TPSA) is 78.9 Å². The van der Waals surface area contributed by atoms with Crippen LogP contribution in [0.15, 0.2) is 0 Å². The minimum Gasteiger partial charge on any atom is -0.462 e. The van der Waals surface area contributed by atoms with E-state index in [9.17, 15) is 14.4 Å². The molecule has 6 nitrogen and oxygen atoms in total. The molecule has 0 unspecified atom stereocenters. The van der Waals surface area contributed by atoms with Gasteiger partial charge in [-0.05, 0) is 25.2 Å². The lowest BCUT2D eigenvalue weighted by molar-refractivity contribution is -0.167. The van der Waals surface area contributed by atoms with Gasteiger partial charge in [0.15, 0.2) is 6.10 Å². The number of ether oxygens (including phenoxy) is 3. The predicted octanol–water partition coefficient (Wildman–Crippen LogP) is 19.8. The van der Waals surface area contributed by atoms with Crippen molar-refractivity contribution in [1.29, 1.82) is 0 Å². The van der Waals surface area contributed by atoms with E-state index >= 15 is 0 Å². The van der Waals surface area contributed by atoms with Crippen LogP contribution in [0, 0.1) is 5.92 Å². The van der Waals surface area contributed by atoms with Crippen LogP contribution in [0.3, 0.4) is 0 Å². The van der Waals surface area contributed by atoms with Gasteiger partial charge in [-0.15, -0.1) is 0 Å². The molecule has 0 aromatic rings. The van der Waals surface area contributed by atoms with Gasteiger partial charge in [0, 0.05) is 19.3 Å². The summed E-state index contributed by atoms with van der Waals surface area (Å²) < 4.78 is 16.9. The summed E-state index contributed by atoms with van der Waals surface area (Å²) in [5.74, 6) is 0.0259. The molecule has 0 aliphatic heterocycles. The second-order valence-corrected chi connectivity index (χ2v) is 21.1. The van der Waals surface area contributed by atoms with E-state index in [2.05, 4.69) is 27.7 Å². The first kappa shape index (κ1) is 64.4. The van der Waals surface area contributed by atoms with Gasteiger partial charge in [0.05, 0.1) is 0 Å². The van der Waals surface area contributed by atoms with Crippen molar-refractivity contribution < 1.29 is 28.6 Å². The highest BCUT2D eigenvalue weighted by molar-refractivity contribution is 5.71. The van der Waals surface area contributed by atoms with Crippen LogP contribution in [0.25, 0.3) is 0 Å². The summed E-state index contributed by atoms with van der Waals surface area (Å²) in [5.41, 5.74) is 0. The average Bonchev–Trinajstić information content (AvgIpc) is 3.30. The molecule has 0 fully saturated rings. The Kier molecular flexibility index (Phi) is 53.0. The Hall–Kier alpha value is -1.59. The molecule has 0 rings (SSSR count). The van der Waals surface area contributed by atoms with E-state index in [-0.39, 0.29) is 31.1 Å². The van der Waals surface area contributed by atoms with E-state index in [0.717, 1.165) is 63.7 Å². The van der Waals surface area contributed by atoms with Crippen molar-refractivity contribution in [2.45, 2.75) is 348 Å². The lowest BCUT2D eigenvalue weighted by atomic mass is 10.0. The number of carbonyl (C=O) groups is 3. The predicted molar refractivity (Wildman–Crippen MR) is 284 cm³/mol. The number of esters is 3. The quantitative estimate of drug-likeness (QED) is 0.0343. The molecule has 66 heavy (non-hydrogen) atoms. The second kappa shape index (κ2) is 54.4. The average molecular weight is 934 g/mol. The first-order valence-corrected chi connectivity index (χ1v) is 29.9. The van der Waals surface area contributed by atoms with Gasteiger partial charge in [-0.2, -0.15) is 0 Å². The lowest BCUT2D eigenvalue weighted by Gasteiger charge is -2.18. The van der Waals surface area contributed by atoms with Crippen molar-refractivity contribution in [3.05, 3.63) is 0 Å². The third kappa shape index (κ3) is 53.4. The molecule has 0 aliphatic carbocycles. The van der Waals surface area contributed by atoms with Crippen LogP contribution in [0.5, 0.6) is 0 Å². The summed E-state index contributed by atoms with van der Waals surface area (Å²) in [5, 5.41) is 0. The van der Waals surface area contributed by atoms with Gasteiger partial charge in [0.25, 0.3) is 0 Å². The van der Waals surface area contributed by atoms with Crippen LogP contribution < -0.4 is 0 Å². The Morgan fingerprint density at radius 2 is 0.500 bits per heavy atom. The molecule has 0 aromatic heterocycles. The monoisotopic (exact) mass is 933 g/mol. The standard InChI is InChI=1S/C60H116O6/c1-5-7-9-11-13-15-17-19-24-28-32-35-39-43-47-51-58(61)64-54-57(66-60(63)53-49-45-41-37-31-18-16-14-12-10-8-6-2)55-65-59(62)52-48-44-40-36-33-29-26-23-21-20-22-25-27-30-34-38-42-46-50-56(3)4/h56-57H,5-55H2,1-4H3/t57-/m1/s1. The number of rotatable bonds is 55. The Morgan fingerprint density at radius 1 is 0.288 bits per heavy atom. The van der Waals surface area contributed by atoms with E-state index < -0.39 is 6.10 Å². The molecular formula is C60H116O6. The molecule has 0 bridgehead atoms. The maximum Gasteiger partial charge on any atom is 0.306 e. The summed E-state index contributed by atoms with van der Waals surface area (Å²) in [6.45, 7) is 9.08. The fraction of sp³-hybridized carbons (Fsp3) is 0.950. The summed E-state index contributed by atoms with van der Waals surface area (Å²) in [4.78, 5) is 38.1. The van der Waals surface area contributed by atoms with Gasteiger partial charge < -0.3 is 14.2 Å². The van der Waals surface area contributed by atoms with E-state index in [4.69, 9.17) is 14.2 Å².